The summed E-state index contributed by atoms with van der Waals surface area (Å²) in [5, 5.41) is 0. The van der Waals surface area contributed by atoms with E-state index in [2.05, 4.69) is 4.72 Å². The molecule has 0 radical (unpaired) electrons. The highest BCUT2D eigenvalue weighted by Gasteiger charge is 2.20. The first-order valence-corrected chi connectivity index (χ1v) is 8.53. The van der Waals surface area contributed by atoms with E-state index in [1.54, 1.807) is 37.3 Å². The number of Topliss-reactive ketones (excluding diaryl/α,β-unsaturated/α-hetero) is 1. The van der Waals surface area contributed by atoms with Crippen LogP contribution in [-0.2, 0) is 10.0 Å². The Balaban J connectivity index is 1.82. The van der Waals surface area contributed by atoms with Crippen molar-refractivity contribution < 1.29 is 22.7 Å². The van der Waals surface area contributed by atoms with Crippen molar-refractivity contribution in [1.29, 1.82) is 0 Å². The number of ether oxygens (including phenoxy) is 2. The SMILES string of the molecule is CCC(=O)c1ccc(NS(=O)(=O)c2ccc3c(c2)OCO3)cc1. The Labute approximate surface area is 134 Å². The zero-order chi connectivity index (χ0) is 16.4. The average Bonchev–Trinajstić information content (AvgIpc) is 3.02. The van der Waals surface area contributed by atoms with E-state index in [4.69, 9.17) is 9.47 Å². The van der Waals surface area contributed by atoms with Crippen molar-refractivity contribution in [3.63, 3.8) is 0 Å². The normalized spacial score (nSPS) is 12.9. The van der Waals surface area contributed by atoms with Crippen LogP contribution in [0.25, 0.3) is 0 Å². The van der Waals surface area contributed by atoms with Crippen LogP contribution in [0.2, 0.25) is 0 Å². The number of nitrogens with one attached hydrogen (secondary N) is 1. The van der Waals surface area contributed by atoms with Crippen molar-refractivity contribution in [2.45, 2.75) is 18.2 Å². The molecule has 0 atom stereocenters. The smallest absolute Gasteiger partial charge is 0.262 e. The maximum Gasteiger partial charge on any atom is 0.262 e. The van der Waals surface area contributed by atoms with Crippen LogP contribution in [0, 0.1) is 0 Å². The standard InChI is InChI=1S/C16H15NO5S/c1-2-14(18)11-3-5-12(6-4-11)17-23(19,20)13-7-8-15-16(9-13)22-10-21-15/h3-9,17H,2,10H2,1H3. The average molecular weight is 333 g/mol. The lowest BCUT2D eigenvalue weighted by molar-refractivity contribution is 0.0988. The molecule has 0 saturated carbocycles. The quantitative estimate of drug-likeness (QED) is 0.851. The minimum atomic E-state index is -3.74. The van der Waals surface area contributed by atoms with Crippen molar-refractivity contribution >= 4 is 21.5 Å². The van der Waals surface area contributed by atoms with E-state index in [1.807, 2.05) is 0 Å². The molecule has 0 amide bonds. The van der Waals surface area contributed by atoms with E-state index >= 15 is 0 Å². The van der Waals surface area contributed by atoms with E-state index in [-0.39, 0.29) is 17.5 Å². The molecule has 1 aliphatic rings. The van der Waals surface area contributed by atoms with Crippen LogP contribution < -0.4 is 14.2 Å². The zero-order valence-corrected chi connectivity index (χ0v) is 13.2. The Hall–Kier alpha value is -2.54. The van der Waals surface area contributed by atoms with Gasteiger partial charge in [-0.2, -0.15) is 0 Å². The first-order chi connectivity index (χ1) is 11.0. The molecular weight excluding hydrogens is 318 g/mol. The molecule has 120 valence electrons. The Kier molecular flexibility index (Phi) is 3.96. The molecule has 1 aliphatic heterocycles. The third-order valence-electron chi connectivity index (χ3n) is 3.43. The van der Waals surface area contributed by atoms with Gasteiger partial charge in [0.05, 0.1) is 4.90 Å². The van der Waals surface area contributed by atoms with Crippen molar-refractivity contribution in [3.05, 3.63) is 48.0 Å². The van der Waals surface area contributed by atoms with Gasteiger partial charge in [-0.3, -0.25) is 9.52 Å². The summed E-state index contributed by atoms with van der Waals surface area (Å²) in [6, 6.07) is 10.7. The Bertz CT molecular complexity index is 843. The van der Waals surface area contributed by atoms with Gasteiger partial charge < -0.3 is 9.47 Å². The van der Waals surface area contributed by atoms with Crippen LogP contribution in [0.5, 0.6) is 11.5 Å². The van der Waals surface area contributed by atoms with E-state index in [1.165, 1.54) is 12.1 Å². The molecule has 1 N–H and O–H groups in total. The fraction of sp³-hybridized carbons (Fsp3) is 0.188. The fourth-order valence-electron chi connectivity index (χ4n) is 2.19. The molecule has 0 aromatic heterocycles. The van der Waals surface area contributed by atoms with Crippen molar-refractivity contribution in [2.75, 3.05) is 11.5 Å². The lowest BCUT2D eigenvalue weighted by Crippen LogP contribution is -2.13. The molecule has 2 aromatic carbocycles. The van der Waals surface area contributed by atoms with Crippen molar-refractivity contribution in [1.82, 2.24) is 0 Å². The molecule has 3 rings (SSSR count). The number of ketones is 1. The summed E-state index contributed by atoms with van der Waals surface area (Å²) in [4.78, 5) is 11.7. The number of hydrogen-bond acceptors (Lipinski definition) is 5. The van der Waals surface area contributed by atoms with Gasteiger partial charge in [0.1, 0.15) is 0 Å². The third kappa shape index (κ3) is 3.14. The molecule has 0 fully saturated rings. The molecular formula is C16H15NO5S. The first kappa shape index (κ1) is 15.4. The van der Waals surface area contributed by atoms with Crippen molar-refractivity contribution in [3.8, 4) is 11.5 Å². The van der Waals surface area contributed by atoms with Gasteiger partial charge in [0, 0.05) is 23.7 Å². The summed E-state index contributed by atoms with van der Waals surface area (Å²) >= 11 is 0. The van der Waals surface area contributed by atoms with Crippen LogP contribution in [-0.4, -0.2) is 21.0 Å². The van der Waals surface area contributed by atoms with Gasteiger partial charge in [0.25, 0.3) is 10.0 Å². The molecule has 6 nitrogen and oxygen atoms in total. The molecule has 7 heteroatoms. The number of fused-ring (bicyclic) bond motifs is 1. The van der Waals surface area contributed by atoms with Crippen molar-refractivity contribution in [2.24, 2.45) is 0 Å². The molecule has 0 spiro atoms. The Morgan fingerprint density at radius 1 is 1.09 bits per heavy atom. The van der Waals surface area contributed by atoms with Gasteiger partial charge >= 0.3 is 0 Å². The molecule has 23 heavy (non-hydrogen) atoms. The van der Waals surface area contributed by atoms with Gasteiger partial charge in [-0.25, -0.2) is 8.42 Å². The number of sulfonamides is 1. The van der Waals surface area contributed by atoms with Gasteiger partial charge in [-0.15, -0.1) is 0 Å². The minimum absolute atomic E-state index is 0.00942. The predicted molar refractivity (Wildman–Crippen MR) is 84.4 cm³/mol. The molecule has 2 aromatic rings. The number of benzene rings is 2. The number of carbonyl (C=O) groups excluding carboxylic acids is 1. The van der Waals surface area contributed by atoms with Crippen LogP contribution in [0.4, 0.5) is 5.69 Å². The van der Waals surface area contributed by atoms with E-state index < -0.39 is 10.0 Å². The summed E-state index contributed by atoms with van der Waals surface area (Å²) in [5.74, 6) is 0.929. The fourth-order valence-corrected chi connectivity index (χ4v) is 3.26. The van der Waals surface area contributed by atoms with E-state index in [0.29, 0.717) is 29.2 Å². The number of carbonyl (C=O) groups is 1. The minimum Gasteiger partial charge on any atom is -0.454 e. The van der Waals surface area contributed by atoms with Gasteiger partial charge in [0.15, 0.2) is 17.3 Å². The van der Waals surface area contributed by atoms with Gasteiger partial charge in [-0.1, -0.05) is 6.92 Å². The Morgan fingerprint density at radius 2 is 1.78 bits per heavy atom. The highest BCUT2D eigenvalue weighted by molar-refractivity contribution is 7.92. The molecule has 0 unspecified atom stereocenters. The van der Waals surface area contributed by atoms with Gasteiger partial charge in [0.2, 0.25) is 6.79 Å². The molecule has 0 saturated heterocycles. The second kappa shape index (κ2) is 5.92. The lowest BCUT2D eigenvalue weighted by Gasteiger charge is -2.09. The van der Waals surface area contributed by atoms with Gasteiger partial charge in [-0.05, 0) is 36.4 Å². The Morgan fingerprint density at radius 3 is 2.48 bits per heavy atom. The second-order valence-electron chi connectivity index (χ2n) is 4.97. The van der Waals surface area contributed by atoms with Crippen LogP contribution in [0.15, 0.2) is 47.4 Å². The first-order valence-electron chi connectivity index (χ1n) is 7.05. The predicted octanol–water partition coefficient (Wildman–Crippen LogP) is 2.81. The highest BCUT2D eigenvalue weighted by Crippen LogP contribution is 2.34. The van der Waals surface area contributed by atoms with E-state index in [0.717, 1.165) is 0 Å². The topological polar surface area (TPSA) is 81.7 Å². The summed E-state index contributed by atoms with van der Waals surface area (Å²) in [6.45, 7) is 1.86. The summed E-state index contributed by atoms with van der Waals surface area (Å²) in [6.07, 6.45) is 0.405. The summed E-state index contributed by atoms with van der Waals surface area (Å²) in [5.41, 5.74) is 0.939. The van der Waals surface area contributed by atoms with Crippen LogP contribution in [0.1, 0.15) is 23.7 Å². The molecule has 0 bridgehead atoms. The van der Waals surface area contributed by atoms with Crippen LogP contribution in [0.3, 0.4) is 0 Å². The second-order valence-corrected chi connectivity index (χ2v) is 6.66. The molecule has 0 aliphatic carbocycles. The van der Waals surface area contributed by atoms with E-state index in [9.17, 15) is 13.2 Å². The summed E-state index contributed by atoms with van der Waals surface area (Å²) < 4.78 is 37.6. The largest absolute Gasteiger partial charge is 0.454 e. The number of anilines is 1. The third-order valence-corrected chi connectivity index (χ3v) is 4.81. The lowest BCUT2D eigenvalue weighted by atomic mass is 10.1. The number of hydrogen-bond donors (Lipinski definition) is 1. The molecule has 1 heterocycles. The summed E-state index contributed by atoms with van der Waals surface area (Å²) in [7, 11) is -3.74. The zero-order valence-electron chi connectivity index (χ0n) is 12.4. The number of rotatable bonds is 5. The highest BCUT2D eigenvalue weighted by atomic mass is 32.2. The monoisotopic (exact) mass is 333 g/mol. The maximum atomic E-state index is 12.4. The van der Waals surface area contributed by atoms with Crippen LogP contribution >= 0.6 is 0 Å². The maximum absolute atomic E-state index is 12.4.